The van der Waals surface area contributed by atoms with E-state index in [9.17, 15) is 31.2 Å². The van der Waals surface area contributed by atoms with Crippen molar-refractivity contribution in [2.24, 2.45) is 0 Å². The lowest BCUT2D eigenvalue weighted by Gasteiger charge is -2.29. The minimum atomic E-state index is -4.03. The highest BCUT2D eigenvalue weighted by molar-refractivity contribution is 7.91. The van der Waals surface area contributed by atoms with E-state index in [-0.39, 0.29) is 28.7 Å². The highest BCUT2D eigenvalue weighted by Gasteiger charge is 2.36. The van der Waals surface area contributed by atoms with Crippen molar-refractivity contribution < 1.29 is 36.0 Å². The van der Waals surface area contributed by atoms with E-state index in [1.807, 2.05) is 0 Å². The van der Waals surface area contributed by atoms with E-state index < -0.39 is 50.4 Å². The molecule has 1 heterocycles. The van der Waals surface area contributed by atoms with Crippen molar-refractivity contribution in [3.8, 4) is 0 Å². The summed E-state index contributed by atoms with van der Waals surface area (Å²) in [6.07, 6.45) is -0.875. The molecule has 12 heteroatoms. The molecular formula is C19H26N2O8S2. The Morgan fingerprint density at radius 3 is 2.32 bits per heavy atom. The molecule has 0 saturated carbocycles. The van der Waals surface area contributed by atoms with Gasteiger partial charge in [-0.2, -0.15) is 4.72 Å². The molecule has 1 aliphatic heterocycles. The van der Waals surface area contributed by atoms with Crippen LogP contribution in [0, 0.1) is 0 Å². The van der Waals surface area contributed by atoms with E-state index in [1.165, 1.54) is 43.0 Å². The Kier molecular flexibility index (Phi) is 7.95. The highest BCUT2D eigenvalue weighted by atomic mass is 32.2. The van der Waals surface area contributed by atoms with Crippen molar-refractivity contribution in [3.05, 3.63) is 29.8 Å². The smallest absolute Gasteiger partial charge is 0.321 e. The number of carbonyl (C=O) groups excluding carboxylic acids is 3. The fourth-order valence-corrected chi connectivity index (χ4v) is 5.94. The summed E-state index contributed by atoms with van der Waals surface area (Å²) in [6, 6.07) is 4.73. The van der Waals surface area contributed by atoms with Crippen molar-refractivity contribution >= 4 is 37.5 Å². The van der Waals surface area contributed by atoms with Gasteiger partial charge in [0, 0.05) is 18.2 Å². The number of Topliss-reactive ketones (excluding diaryl/α,β-unsaturated/α-hetero) is 1. The van der Waals surface area contributed by atoms with Crippen LogP contribution in [-0.4, -0.2) is 76.1 Å². The Balaban J connectivity index is 1.93. The summed E-state index contributed by atoms with van der Waals surface area (Å²) in [5.41, 5.74) is 0.348. The van der Waals surface area contributed by atoms with E-state index in [0.29, 0.717) is 12.0 Å². The minimum absolute atomic E-state index is 0.00475. The van der Waals surface area contributed by atoms with Gasteiger partial charge in [-0.3, -0.25) is 14.4 Å². The zero-order valence-electron chi connectivity index (χ0n) is 17.5. The second-order valence-corrected chi connectivity index (χ2v) is 11.2. The average molecular weight is 475 g/mol. The molecule has 0 spiro atoms. The molecule has 172 valence electrons. The number of ketones is 1. The summed E-state index contributed by atoms with van der Waals surface area (Å²) in [4.78, 5) is 37.2. The number of hydrogen-bond acceptors (Lipinski definition) is 8. The van der Waals surface area contributed by atoms with Gasteiger partial charge in [0.05, 0.1) is 16.4 Å². The molecule has 1 saturated heterocycles. The van der Waals surface area contributed by atoms with Crippen LogP contribution in [0.25, 0.3) is 0 Å². The van der Waals surface area contributed by atoms with Crippen LogP contribution in [0.5, 0.6) is 0 Å². The summed E-state index contributed by atoms with van der Waals surface area (Å²) in [6.45, 7) is 3.96. The SMILES string of the molecule is CCN(C(=O)C(C)OC(=O)CNS(=O)(=O)c1ccc(C(C)=O)cc1)C1CCS(=O)(=O)C1. The third-order valence-corrected chi connectivity index (χ3v) is 8.07. The third-order valence-electron chi connectivity index (χ3n) is 4.91. The van der Waals surface area contributed by atoms with Gasteiger partial charge in [-0.1, -0.05) is 12.1 Å². The molecule has 1 aromatic rings. The van der Waals surface area contributed by atoms with E-state index in [2.05, 4.69) is 4.72 Å². The monoisotopic (exact) mass is 474 g/mol. The van der Waals surface area contributed by atoms with Gasteiger partial charge in [-0.15, -0.1) is 0 Å². The van der Waals surface area contributed by atoms with Crippen LogP contribution in [0.15, 0.2) is 29.2 Å². The van der Waals surface area contributed by atoms with Crippen LogP contribution >= 0.6 is 0 Å². The van der Waals surface area contributed by atoms with Gasteiger partial charge in [0.15, 0.2) is 21.7 Å². The van der Waals surface area contributed by atoms with Crippen LogP contribution in [0.3, 0.4) is 0 Å². The Labute approximate surface area is 181 Å². The second-order valence-electron chi connectivity index (χ2n) is 7.22. The number of amides is 1. The molecule has 1 fully saturated rings. The average Bonchev–Trinajstić information content (AvgIpc) is 3.06. The van der Waals surface area contributed by atoms with Crippen LogP contribution in [0.2, 0.25) is 0 Å². The van der Waals surface area contributed by atoms with Crippen LogP contribution < -0.4 is 4.72 Å². The molecule has 31 heavy (non-hydrogen) atoms. The lowest BCUT2D eigenvalue weighted by molar-refractivity contribution is -0.159. The first-order chi connectivity index (χ1) is 14.4. The van der Waals surface area contributed by atoms with Crippen molar-refractivity contribution in [1.82, 2.24) is 9.62 Å². The van der Waals surface area contributed by atoms with Gasteiger partial charge >= 0.3 is 5.97 Å². The molecule has 1 N–H and O–H groups in total. The number of nitrogens with one attached hydrogen (secondary N) is 1. The number of hydrogen-bond donors (Lipinski definition) is 1. The lowest BCUT2D eigenvalue weighted by atomic mass is 10.2. The topological polar surface area (TPSA) is 144 Å². The molecule has 1 amide bonds. The van der Waals surface area contributed by atoms with Gasteiger partial charge in [-0.05, 0) is 39.3 Å². The molecule has 10 nitrogen and oxygen atoms in total. The Morgan fingerprint density at radius 1 is 1.23 bits per heavy atom. The number of sulfonamides is 1. The maximum Gasteiger partial charge on any atom is 0.321 e. The van der Waals surface area contributed by atoms with Crippen molar-refractivity contribution in [3.63, 3.8) is 0 Å². The van der Waals surface area contributed by atoms with E-state index in [4.69, 9.17) is 4.74 Å². The lowest BCUT2D eigenvalue weighted by Crippen LogP contribution is -2.47. The van der Waals surface area contributed by atoms with Gasteiger partial charge < -0.3 is 9.64 Å². The molecule has 1 aliphatic rings. The largest absolute Gasteiger partial charge is 0.452 e. The van der Waals surface area contributed by atoms with Gasteiger partial charge in [0.25, 0.3) is 5.91 Å². The zero-order valence-corrected chi connectivity index (χ0v) is 19.2. The Morgan fingerprint density at radius 2 is 1.84 bits per heavy atom. The van der Waals surface area contributed by atoms with E-state index in [1.54, 1.807) is 6.92 Å². The fourth-order valence-electron chi connectivity index (χ4n) is 3.24. The fraction of sp³-hybridized carbons (Fsp3) is 0.526. The number of carbonyl (C=O) groups is 3. The molecule has 2 atom stereocenters. The molecule has 0 aliphatic carbocycles. The third kappa shape index (κ3) is 6.58. The van der Waals surface area contributed by atoms with Gasteiger partial charge in [-0.25, -0.2) is 16.8 Å². The maximum absolute atomic E-state index is 12.6. The standard InChI is InChI=1S/C19H26N2O8S2/c1-4-21(16-9-10-30(25,26)12-16)19(24)14(3)29-18(23)11-20-31(27,28)17-7-5-15(6-8-17)13(2)22/h5-8,14,16,20H,4,9-12H2,1-3H3. The quantitative estimate of drug-likeness (QED) is 0.393. The zero-order chi connectivity index (χ0) is 23.4. The predicted octanol–water partition coefficient (Wildman–Crippen LogP) is 0.135. The summed E-state index contributed by atoms with van der Waals surface area (Å²) in [7, 11) is -7.21. The summed E-state index contributed by atoms with van der Waals surface area (Å²) in [5.74, 6) is -1.84. The van der Waals surface area contributed by atoms with E-state index >= 15 is 0 Å². The van der Waals surface area contributed by atoms with E-state index in [0.717, 1.165) is 0 Å². The second kappa shape index (κ2) is 9.88. The number of esters is 1. The van der Waals surface area contributed by atoms with Crippen LogP contribution in [0.1, 0.15) is 37.6 Å². The molecule has 0 radical (unpaired) electrons. The molecule has 2 unspecified atom stereocenters. The number of benzene rings is 1. The van der Waals surface area contributed by atoms with Crippen LogP contribution in [0.4, 0.5) is 0 Å². The first-order valence-electron chi connectivity index (χ1n) is 9.67. The first-order valence-corrected chi connectivity index (χ1v) is 13.0. The Bertz CT molecular complexity index is 1050. The number of sulfone groups is 1. The number of likely N-dealkylation sites (N-methyl/N-ethyl adjacent to an activating group) is 1. The molecule has 2 rings (SSSR count). The van der Waals surface area contributed by atoms with Crippen molar-refractivity contribution in [1.29, 1.82) is 0 Å². The molecule has 0 bridgehead atoms. The number of nitrogens with zero attached hydrogens (tertiary/aromatic N) is 1. The van der Waals surface area contributed by atoms with Crippen molar-refractivity contribution in [2.75, 3.05) is 24.6 Å². The summed E-state index contributed by atoms with van der Waals surface area (Å²) >= 11 is 0. The van der Waals surface area contributed by atoms with Crippen molar-refractivity contribution in [2.45, 2.75) is 44.2 Å². The minimum Gasteiger partial charge on any atom is -0.452 e. The van der Waals surface area contributed by atoms with Crippen LogP contribution in [-0.2, 0) is 34.2 Å². The molecule has 0 aromatic heterocycles. The normalized spacial score (nSPS) is 18.9. The van der Waals surface area contributed by atoms with Gasteiger partial charge in [0.2, 0.25) is 10.0 Å². The molecular weight excluding hydrogens is 448 g/mol. The molecule has 1 aromatic carbocycles. The highest BCUT2D eigenvalue weighted by Crippen LogP contribution is 2.19. The number of rotatable bonds is 9. The Hall–Kier alpha value is -2.31. The maximum atomic E-state index is 12.6. The number of ether oxygens (including phenoxy) is 1. The first kappa shape index (κ1) is 25.0. The predicted molar refractivity (Wildman–Crippen MR) is 112 cm³/mol. The summed E-state index contributed by atoms with van der Waals surface area (Å²) < 4.78 is 55.1. The van der Waals surface area contributed by atoms with Gasteiger partial charge in [0.1, 0.15) is 6.54 Å². The summed E-state index contributed by atoms with van der Waals surface area (Å²) in [5, 5.41) is 0.